The van der Waals surface area contributed by atoms with Gasteiger partial charge in [-0.1, -0.05) is 27.2 Å². The summed E-state index contributed by atoms with van der Waals surface area (Å²) in [5.74, 6) is 4.01. The number of hydrogen-bond donors (Lipinski definition) is 2. The van der Waals surface area contributed by atoms with Crippen LogP contribution in [0.5, 0.6) is 0 Å². The van der Waals surface area contributed by atoms with Crippen molar-refractivity contribution < 1.29 is 19.7 Å². The lowest BCUT2D eigenvalue weighted by molar-refractivity contribution is -0.128. The molecule has 154 valence electrons. The molecule has 0 radical (unpaired) electrons. The van der Waals surface area contributed by atoms with Crippen molar-refractivity contribution in [2.24, 2.45) is 35.5 Å². The maximum absolute atomic E-state index is 9.70. The van der Waals surface area contributed by atoms with E-state index in [1.165, 1.54) is 19.3 Å². The van der Waals surface area contributed by atoms with Crippen LogP contribution in [0.25, 0.3) is 0 Å². The fourth-order valence-corrected chi connectivity index (χ4v) is 5.88. The fraction of sp³-hybridized carbons (Fsp3) is 1.00. The van der Waals surface area contributed by atoms with E-state index in [1.807, 2.05) is 6.92 Å². The molecule has 26 heavy (non-hydrogen) atoms. The Bertz CT molecular complexity index is 388. The molecular formula is C22H42O4. The van der Waals surface area contributed by atoms with Gasteiger partial charge in [0.2, 0.25) is 0 Å². The molecule has 0 saturated heterocycles. The highest BCUT2D eigenvalue weighted by atomic mass is 16.6. The largest absolute Gasteiger partial charge is 0.396 e. The Morgan fingerprint density at radius 3 is 2.27 bits per heavy atom. The van der Waals surface area contributed by atoms with Crippen molar-refractivity contribution in [1.29, 1.82) is 0 Å². The zero-order valence-electron chi connectivity index (χ0n) is 17.6. The Kier molecular flexibility index (Phi) is 8.85. The second-order valence-corrected chi connectivity index (χ2v) is 9.23. The maximum Gasteiger partial charge on any atom is 0.152 e. The molecule has 0 bridgehead atoms. The van der Waals surface area contributed by atoms with Gasteiger partial charge in [-0.25, -0.2) is 0 Å². The average molecular weight is 371 g/mol. The molecule has 0 aromatic carbocycles. The number of aliphatic hydroxyl groups is 2. The zero-order valence-corrected chi connectivity index (χ0v) is 17.6. The van der Waals surface area contributed by atoms with Crippen LogP contribution in [0.1, 0.15) is 73.1 Å². The molecule has 4 nitrogen and oxygen atoms in total. The van der Waals surface area contributed by atoms with Gasteiger partial charge in [0, 0.05) is 13.2 Å². The number of rotatable bonds is 8. The Morgan fingerprint density at radius 1 is 1.04 bits per heavy atom. The first-order chi connectivity index (χ1) is 12.3. The highest BCUT2D eigenvalue weighted by Crippen LogP contribution is 2.48. The lowest BCUT2D eigenvalue weighted by Crippen LogP contribution is -2.43. The van der Waals surface area contributed by atoms with Crippen molar-refractivity contribution in [2.75, 3.05) is 13.2 Å². The number of hydrogen-bond acceptors (Lipinski definition) is 4. The molecule has 4 heteroatoms. The van der Waals surface area contributed by atoms with Crippen LogP contribution in [0.15, 0.2) is 0 Å². The molecule has 0 amide bonds. The Hall–Kier alpha value is -0.160. The van der Waals surface area contributed by atoms with E-state index in [4.69, 9.17) is 9.47 Å². The van der Waals surface area contributed by atoms with E-state index in [-0.39, 0.29) is 6.10 Å². The fourth-order valence-electron chi connectivity index (χ4n) is 5.88. The molecule has 2 saturated carbocycles. The van der Waals surface area contributed by atoms with E-state index >= 15 is 0 Å². The molecule has 0 aliphatic heterocycles. The van der Waals surface area contributed by atoms with Gasteiger partial charge in [-0.2, -0.15) is 0 Å². The molecule has 0 heterocycles. The molecule has 0 spiro atoms. The lowest BCUT2D eigenvalue weighted by Gasteiger charge is -2.48. The summed E-state index contributed by atoms with van der Waals surface area (Å²) in [6.45, 7) is 11.9. The van der Waals surface area contributed by atoms with Gasteiger partial charge in [0.25, 0.3) is 0 Å². The van der Waals surface area contributed by atoms with Gasteiger partial charge in [0.1, 0.15) is 0 Å². The van der Waals surface area contributed by atoms with Crippen molar-refractivity contribution in [3.05, 3.63) is 0 Å². The summed E-state index contributed by atoms with van der Waals surface area (Å²) in [5.41, 5.74) is 0. The summed E-state index contributed by atoms with van der Waals surface area (Å²) in [6.07, 6.45) is 6.59. The molecule has 0 aromatic rings. The molecule has 2 fully saturated rings. The van der Waals surface area contributed by atoms with Gasteiger partial charge >= 0.3 is 0 Å². The van der Waals surface area contributed by atoms with Crippen LogP contribution in [0.2, 0.25) is 0 Å². The van der Waals surface area contributed by atoms with Crippen LogP contribution in [0, 0.1) is 35.5 Å². The van der Waals surface area contributed by atoms with Crippen LogP contribution >= 0.6 is 0 Å². The van der Waals surface area contributed by atoms with Crippen LogP contribution in [0.4, 0.5) is 0 Å². The minimum Gasteiger partial charge on any atom is -0.396 e. The van der Waals surface area contributed by atoms with E-state index in [0.717, 1.165) is 31.1 Å². The Labute approximate surface area is 160 Å². The Morgan fingerprint density at radius 2 is 1.69 bits per heavy atom. The van der Waals surface area contributed by atoms with Gasteiger partial charge in [0.05, 0.1) is 12.2 Å². The second kappa shape index (κ2) is 10.4. The highest BCUT2D eigenvalue weighted by Gasteiger charge is 2.42. The van der Waals surface area contributed by atoms with E-state index in [1.54, 1.807) is 6.92 Å². The summed E-state index contributed by atoms with van der Waals surface area (Å²) in [5, 5.41) is 19.0. The lowest BCUT2D eigenvalue weighted by atomic mass is 9.59. The van der Waals surface area contributed by atoms with E-state index < -0.39 is 6.29 Å². The minimum atomic E-state index is -0.708. The van der Waals surface area contributed by atoms with Gasteiger partial charge in [-0.05, 0) is 81.5 Å². The predicted octanol–water partition coefficient (Wildman–Crippen LogP) is 4.23. The molecule has 7 atom stereocenters. The third-order valence-corrected chi connectivity index (χ3v) is 7.15. The number of aliphatic hydroxyl groups excluding tert-OH is 2. The monoisotopic (exact) mass is 370 g/mol. The highest BCUT2D eigenvalue weighted by molar-refractivity contribution is 4.92. The summed E-state index contributed by atoms with van der Waals surface area (Å²) < 4.78 is 11.5. The molecule has 0 aromatic heterocycles. The predicted molar refractivity (Wildman–Crippen MR) is 105 cm³/mol. The Balaban J connectivity index is 1.83. The topological polar surface area (TPSA) is 58.9 Å². The SMILES string of the molecule is CC(O)O[C@H](C)CCOC1CC(C)C([C@@H]2CCCC(CO)C2C)C(C)C1. The van der Waals surface area contributed by atoms with Gasteiger partial charge in [-0.15, -0.1) is 0 Å². The first-order valence-electron chi connectivity index (χ1n) is 10.9. The first kappa shape index (κ1) is 22.1. The molecule has 2 aliphatic rings. The van der Waals surface area contributed by atoms with Gasteiger partial charge in [-0.3, -0.25) is 0 Å². The molecular weight excluding hydrogens is 328 g/mol. The van der Waals surface area contributed by atoms with E-state index in [0.29, 0.717) is 43.0 Å². The zero-order chi connectivity index (χ0) is 19.3. The summed E-state index contributed by atoms with van der Waals surface area (Å²) in [6, 6.07) is 0. The second-order valence-electron chi connectivity index (χ2n) is 9.23. The van der Waals surface area contributed by atoms with Crippen molar-refractivity contribution in [2.45, 2.75) is 91.6 Å². The average Bonchev–Trinajstić information content (AvgIpc) is 2.55. The smallest absolute Gasteiger partial charge is 0.152 e. The van der Waals surface area contributed by atoms with E-state index in [2.05, 4.69) is 20.8 Å². The molecule has 2 N–H and O–H groups in total. The normalized spacial score (nSPS) is 41.0. The molecule has 2 aliphatic carbocycles. The van der Waals surface area contributed by atoms with Crippen molar-refractivity contribution >= 4 is 0 Å². The van der Waals surface area contributed by atoms with Gasteiger partial charge in [0.15, 0.2) is 6.29 Å². The molecule has 5 unspecified atom stereocenters. The number of ether oxygens (including phenoxy) is 2. The van der Waals surface area contributed by atoms with Crippen LogP contribution < -0.4 is 0 Å². The van der Waals surface area contributed by atoms with E-state index in [9.17, 15) is 10.2 Å². The molecule has 2 rings (SSSR count). The van der Waals surface area contributed by atoms with Crippen LogP contribution in [-0.2, 0) is 9.47 Å². The summed E-state index contributed by atoms with van der Waals surface area (Å²) in [7, 11) is 0. The first-order valence-corrected chi connectivity index (χ1v) is 10.9. The maximum atomic E-state index is 9.70. The van der Waals surface area contributed by atoms with Crippen molar-refractivity contribution in [1.82, 2.24) is 0 Å². The summed E-state index contributed by atoms with van der Waals surface area (Å²) >= 11 is 0. The standard InChI is InChI=1S/C22H42O4/c1-14-11-20(25-10-9-16(3)26-18(5)24)12-15(2)22(14)21-8-6-7-19(13-23)17(21)4/h14-24H,6-13H2,1-5H3/t14?,15?,16-,17?,18?,19?,20?,21-,22?/m1/s1. The summed E-state index contributed by atoms with van der Waals surface area (Å²) in [4.78, 5) is 0. The minimum absolute atomic E-state index is 0.0275. The van der Waals surface area contributed by atoms with Gasteiger partial charge < -0.3 is 19.7 Å². The quantitative estimate of drug-likeness (QED) is 0.628. The van der Waals surface area contributed by atoms with Crippen LogP contribution in [0.3, 0.4) is 0 Å². The van der Waals surface area contributed by atoms with Crippen molar-refractivity contribution in [3.63, 3.8) is 0 Å². The third-order valence-electron chi connectivity index (χ3n) is 7.15. The van der Waals surface area contributed by atoms with Crippen molar-refractivity contribution in [3.8, 4) is 0 Å². The van der Waals surface area contributed by atoms with Crippen LogP contribution in [-0.4, -0.2) is 41.9 Å². The third kappa shape index (κ3) is 5.92.